The van der Waals surface area contributed by atoms with Gasteiger partial charge in [0.15, 0.2) is 5.78 Å². The maximum atomic E-state index is 13.0. The summed E-state index contributed by atoms with van der Waals surface area (Å²) in [5.41, 5.74) is 3.23. The fourth-order valence-electron chi connectivity index (χ4n) is 2.76. The molecule has 4 heteroatoms. The number of ketones is 2. The van der Waals surface area contributed by atoms with Crippen molar-refractivity contribution >= 4 is 17.3 Å². The van der Waals surface area contributed by atoms with E-state index in [2.05, 4.69) is 5.32 Å². The van der Waals surface area contributed by atoms with Crippen LogP contribution in [0.25, 0.3) is 0 Å². The van der Waals surface area contributed by atoms with E-state index in [9.17, 15) is 9.59 Å². The molecule has 3 rings (SSSR count). The summed E-state index contributed by atoms with van der Waals surface area (Å²) in [6.45, 7) is 3.80. The predicted molar refractivity (Wildman–Crippen MR) is 98.2 cm³/mol. The van der Waals surface area contributed by atoms with Crippen molar-refractivity contribution in [3.8, 4) is 5.75 Å². The van der Waals surface area contributed by atoms with Crippen LogP contribution in [-0.4, -0.2) is 18.7 Å². The number of hydrogen-bond donors (Lipinski definition) is 1. The predicted octanol–water partition coefficient (Wildman–Crippen LogP) is 4.41. The number of hydrogen-bond acceptors (Lipinski definition) is 4. The maximum absolute atomic E-state index is 13.0. The highest BCUT2D eigenvalue weighted by molar-refractivity contribution is 6.28. The summed E-state index contributed by atoms with van der Waals surface area (Å²) in [5.74, 6) is 0.395. The van der Waals surface area contributed by atoms with E-state index < -0.39 is 0 Å². The Kier molecular flexibility index (Phi) is 4.52. The lowest BCUT2D eigenvalue weighted by molar-refractivity contribution is 0.0978. The van der Waals surface area contributed by atoms with Crippen molar-refractivity contribution in [2.24, 2.45) is 0 Å². The van der Waals surface area contributed by atoms with E-state index in [-0.39, 0.29) is 11.6 Å². The molecule has 0 spiro atoms. The molecule has 1 aliphatic rings. The van der Waals surface area contributed by atoms with Crippen LogP contribution >= 0.6 is 0 Å². The van der Waals surface area contributed by atoms with Gasteiger partial charge in [0.05, 0.1) is 18.4 Å². The summed E-state index contributed by atoms with van der Waals surface area (Å²) in [6.07, 6.45) is 1.75. The lowest BCUT2D eigenvalue weighted by Crippen LogP contribution is -2.25. The Morgan fingerprint density at radius 2 is 1.52 bits per heavy atom. The quantitative estimate of drug-likeness (QED) is 0.900. The Bertz CT molecular complexity index is 901. The zero-order valence-corrected chi connectivity index (χ0v) is 14.4. The Morgan fingerprint density at radius 1 is 0.920 bits per heavy atom. The molecule has 1 aliphatic carbocycles. The van der Waals surface area contributed by atoms with E-state index in [4.69, 9.17) is 4.74 Å². The van der Waals surface area contributed by atoms with Crippen LogP contribution in [0.1, 0.15) is 34.6 Å². The van der Waals surface area contributed by atoms with Gasteiger partial charge >= 0.3 is 0 Å². The van der Waals surface area contributed by atoms with Gasteiger partial charge in [0.2, 0.25) is 5.78 Å². The van der Waals surface area contributed by atoms with E-state index in [0.717, 1.165) is 17.0 Å². The molecule has 0 aromatic heterocycles. The monoisotopic (exact) mass is 333 g/mol. The molecule has 0 amide bonds. The minimum Gasteiger partial charge on any atom is -0.497 e. The van der Waals surface area contributed by atoms with Crippen LogP contribution < -0.4 is 10.1 Å². The van der Waals surface area contributed by atoms with Crippen LogP contribution in [0.4, 0.5) is 5.69 Å². The molecule has 0 aliphatic heterocycles. The highest BCUT2D eigenvalue weighted by atomic mass is 16.5. The third-order valence-electron chi connectivity index (χ3n) is 3.95. The number of rotatable bonds is 4. The molecule has 0 fully saturated rings. The van der Waals surface area contributed by atoms with Gasteiger partial charge in [-0.15, -0.1) is 0 Å². The molecule has 0 unspecified atom stereocenters. The summed E-state index contributed by atoms with van der Waals surface area (Å²) in [5, 5.41) is 3.12. The SMILES string of the molecule is COc1ccc(NC2=C(C=C(C)C)C(=O)c3ccccc3C2=O)cc1. The van der Waals surface area contributed by atoms with Gasteiger partial charge in [0.25, 0.3) is 0 Å². The van der Waals surface area contributed by atoms with E-state index >= 15 is 0 Å². The molecule has 0 heterocycles. The second-order valence-corrected chi connectivity index (χ2v) is 6.07. The summed E-state index contributed by atoms with van der Waals surface area (Å²) < 4.78 is 5.15. The standard InChI is InChI=1S/C21H19NO3/c1-13(2)12-18-19(22-14-8-10-15(25-3)11-9-14)21(24)17-7-5-4-6-16(17)20(18)23/h4-12,22H,1-3H3. The number of anilines is 1. The fourth-order valence-corrected chi connectivity index (χ4v) is 2.76. The molecule has 2 aromatic carbocycles. The van der Waals surface area contributed by atoms with E-state index in [1.807, 2.05) is 26.0 Å². The number of carbonyl (C=O) groups is 2. The largest absolute Gasteiger partial charge is 0.497 e. The number of Topliss-reactive ketones (excluding diaryl/α,β-unsaturated/α-hetero) is 2. The van der Waals surface area contributed by atoms with Crippen molar-refractivity contribution in [2.45, 2.75) is 13.8 Å². The molecule has 25 heavy (non-hydrogen) atoms. The molecule has 0 bridgehead atoms. The Labute approximate surface area is 146 Å². The number of carbonyl (C=O) groups excluding carboxylic acids is 2. The second-order valence-electron chi connectivity index (χ2n) is 6.07. The fraction of sp³-hybridized carbons (Fsp3) is 0.143. The first-order valence-electron chi connectivity index (χ1n) is 8.00. The molecule has 0 saturated heterocycles. The smallest absolute Gasteiger partial charge is 0.210 e. The number of allylic oxidation sites excluding steroid dienone is 4. The summed E-state index contributed by atoms with van der Waals surface area (Å²) >= 11 is 0. The zero-order valence-electron chi connectivity index (χ0n) is 14.4. The average molecular weight is 333 g/mol. The summed E-state index contributed by atoms with van der Waals surface area (Å²) in [7, 11) is 1.60. The molecule has 4 nitrogen and oxygen atoms in total. The topological polar surface area (TPSA) is 55.4 Å². The van der Waals surface area contributed by atoms with E-state index in [1.54, 1.807) is 49.6 Å². The van der Waals surface area contributed by atoms with Gasteiger partial charge in [0.1, 0.15) is 5.75 Å². The van der Waals surface area contributed by atoms with Gasteiger partial charge in [-0.2, -0.15) is 0 Å². The minimum absolute atomic E-state index is 0.146. The first-order valence-corrected chi connectivity index (χ1v) is 8.00. The van der Waals surface area contributed by atoms with Crippen LogP contribution in [0.3, 0.4) is 0 Å². The van der Waals surface area contributed by atoms with Crippen LogP contribution in [0.15, 0.2) is 71.5 Å². The lowest BCUT2D eigenvalue weighted by Gasteiger charge is -2.21. The van der Waals surface area contributed by atoms with Gasteiger partial charge < -0.3 is 10.1 Å². The van der Waals surface area contributed by atoms with Crippen LogP contribution in [0.5, 0.6) is 5.75 Å². The lowest BCUT2D eigenvalue weighted by atomic mass is 9.86. The molecule has 0 saturated carbocycles. The van der Waals surface area contributed by atoms with Crippen LogP contribution in [0.2, 0.25) is 0 Å². The average Bonchev–Trinajstić information content (AvgIpc) is 2.63. The zero-order chi connectivity index (χ0) is 18.0. The Balaban J connectivity index is 2.09. The van der Waals surface area contributed by atoms with Gasteiger partial charge in [-0.3, -0.25) is 9.59 Å². The highest BCUT2D eigenvalue weighted by Crippen LogP contribution is 2.29. The van der Waals surface area contributed by atoms with Crippen molar-refractivity contribution < 1.29 is 14.3 Å². The van der Waals surface area contributed by atoms with Crippen LogP contribution in [-0.2, 0) is 0 Å². The van der Waals surface area contributed by atoms with E-state index in [0.29, 0.717) is 22.4 Å². The third-order valence-corrected chi connectivity index (χ3v) is 3.95. The third kappa shape index (κ3) is 3.24. The molecular weight excluding hydrogens is 314 g/mol. The van der Waals surface area contributed by atoms with Gasteiger partial charge in [0, 0.05) is 16.8 Å². The maximum Gasteiger partial charge on any atom is 0.210 e. The normalized spacial score (nSPS) is 13.4. The Morgan fingerprint density at radius 3 is 2.08 bits per heavy atom. The first kappa shape index (κ1) is 16.7. The second kappa shape index (κ2) is 6.77. The van der Waals surface area contributed by atoms with Crippen LogP contribution in [0, 0.1) is 0 Å². The van der Waals surface area contributed by atoms with Crippen molar-refractivity contribution in [2.75, 3.05) is 12.4 Å². The molecule has 0 atom stereocenters. The number of methoxy groups -OCH3 is 1. The summed E-state index contributed by atoms with van der Waals surface area (Å²) in [6, 6.07) is 14.1. The molecule has 126 valence electrons. The van der Waals surface area contributed by atoms with Crippen molar-refractivity contribution in [3.05, 3.63) is 82.6 Å². The van der Waals surface area contributed by atoms with E-state index in [1.165, 1.54) is 0 Å². The van der Waals surface area contributed by atoms with Gasteiger partial charge in [-0.05, 0) is 38.1 Å². The number of fused-ring (bicyclic) bond motifs is 1. The molecular formula is C21H19NO3. The highest BCUT2D eigenvalue weighted by Gasteiger charge is 2.31. The minimum atomic E-state index is -0.182. The molecule has 2 aromatic rings. The molecule has 0 radical (unpaired) electrons. The molecule has 1 N–H and O–H groups in total. The van der Waals surface area contributed by atoms with Crippen molar-refractivity contribution in [1.82, 2.24) is 0 Å². The number of ether oxygens (including phenoxy) is 1. The van der Waals surface area contributed by atoms with Crippen molar-refractivity contribution in [1.29, 1.82) is 0 Å². The summed E-state index contributed by atoms with van der Waals surface area (Å²) in [4.78, 5) is 25.8. The number of benzene rings is 2. The number of nitrogens with one attached hydrogen (secondary N) is 1. The van der Waals surface area contributed by atoms with Gasteiger partial charge in [-0.25, -0.2) is 0 Å². The Hall–Kier alpha value is -3.14. The first-order chi connectivity index (χ1) is 12.0. The van der Waals surface area contributed by atoms with Gasteiger partial charge in [-0.1, -0.05) is 35.9 Å². The van der Waals surface area contributed by atoms with Crippen molar-refractivity contribution in [3.63, 3.8) is 0 Å².